The van der Waals surface area contributed by atoms with E-state index in [0.717, 1.165) is 30.4 Å². The van der Waals surface area contributed by atoms with E-state index in [1.54, 1.807) is 12.1 Å². The summed E-state index contributed by atoms with van der Waals surface area (Å²) in [5.74, 6) is -0.891. The van der Waals surface area contributed by atoms with Crippen molar-refractivity contribution < 1.29 is 9.90 Å². The topological polar surface area (TPSA) is 37.3 Å². The van der Waals surface area contributed by atoms with Gasteiger partial charge in [0.25, 0.3) is 0 Å². The van der Waals surface area contributed by atoms with Crippen LogP contribution in [0.15, 0.2) is 60.7 Å². The van der Waals surface area contributed by atoms with E-state index in [4.69, 9.17) is 5.11 Å². The highest BCUT2D eigenvalue weighted by atomic mass is 16.4. The van der Waals surface area contributed by atoms with Crippen molar-refractivity contribution in [3.05, 3.63) is 77.4 Å². The molecule has 0 bridgehead atoms. The fraction of sp³-hybridized carbons (Fsp3) is 0.211. The van der Waals surface area contributed by atoms with Crippen molar-refractivity contribution in [2.45, 2.75) is 26.2 Å². The van der Waals surface area contributed by atoms with Crippen LogP contribution in [0.5, 0.6) is 0 Å². The zero-order valence-corrected chi connectivity index (χ0v) is 12.3. The van der Waals surface area contributed by atoms with Crippen LogP contribution in [0.1, 0.15) is 47.7 Å². The van der Waals surface area contributed by atoms with Crippen molar-refractivity contribution in [2.75, 3.05) is 0 Å². The van der Waals surface area contributed by atoms with Crippen LogP contribution >= 0.6 is 0 Å². The molecule has 108 valence electrons. The Kier molecular flexibility index (Phi) is 5.33. The van der Waals surface area contributed by atoms with Crippen LogP contribution in [0, 0.1) is 0 Å². The number of hydrogen-bond acceptors (Lipinski definition) is 1. The maximum absolute atomic E-state index is 10.9. The van der Waals surface area contributed by atoms with E-state index in [0.29, 0.717) is 5.56 Å². The molecule has 0 heterocycles. The summed E-state index contributed by atoms with van der Waals surface area (Å²) in [5.41, 5.74) is 3.71. The normalized spacial score (nSPS) is 11.4. The molecule has 1 N–H and O–H groups in total. The van der Waals surface area contributed by atoms with Gasteiger partial charge in [-0.25, -0.2) is 4.79 Å². The number of carboxylic acids is 1. The van der Waals surface area contributed by atoms with Gasteiger partial charge in [0, 0.05) is 0 Å². The molecule has 2 rings (SSSR count). The molecule has 0 atom stereocenters. The molecule has 2 aromatic rings. The van der Waals surface area contributed by atoms with Gasteiger partial charge in [0.05, 0.1) is 5.56 Å². The molecule has 0 radical (unpaired) electrons. The van der Waals surface area contributed by atoms with Gasteiger partial charge in [-0.3, -0.25) is 0 Å². The molecule has 0 aromatic heterocycles. The number of hydrogen-bond donors (Lipinski definition) is 1. The average molecular weight is 280 g/mol. The van der Waals surface area contributed by atoms with Crippen molar-refractivity contribution in [3.63, 3.8) is 0 Å². The maximum atomic E-state index is 10.9. The van der Waals surface area contributed by atoms with E-state index in [1.165, 1.54) is 5.57 Å². The van der Waals surface area contributed by atoms with Gasteiger partial charge in [0.2, 0.25) is 0 Å². The van der Waals surface area contributed by atoms with Crippen LogP contribution in [-0.4, -0.2) is 11.1 Å². The molecule has 0 spiro atoms. The third kappa shape index (κ3) is 4.06. The predicted molar refractivity (Wildman–Crippen MR) is 86.4 cm³/mol. The van der Waals surface area contributed by atoms with Gasteiger partial charge in [-0.1, -0.05) is 68.3 Å². The summed E-state index contributed by atoms with van der Waals surface area (Å²) >= 11 is 0. The number of unbranched alkanes of at least 4 members (excludes halogenated alkanes) is 2. The lowest BCUT2D eigenvalue weighted by Gasteiger charge is -2.09. The Balaban J connectivity index is 2.35. The quantitative estimate of drug-likeness (QED) is 0.755. The summed E-state index contributed by atoms with van der Waals surface area (Å²) < 4.78 is 0. The van der Waals surface area contributed by atoms with E-state index in [-0.39, 0.29) is 0 Å². The summed E-state index contributed by atoms with van der Waals surface area (Å²) in [5, 5.41) is 8.99. The average Bonchev–Trinajstić information content (AvgIpc) is 2.53. The van der Waals surface area contributed by atoms with Crippen molar-refractivity contribution in [1.29, 1.82) is 0 Å². The first-order chi connectivity index (χ1) is 10.2. The fourth-order valence-electron chi connectivity index (χ4n) is 2.26. The zero-order valence-electron chi connectivity index (χ0n) is 12.3. The minimum atomic E-state index is -0.891. The minimum Gasteiger partial charge on any atom is -0.478 e. The van der Waals surface area contributed by atoms with E-state index in [2.05, 4.69) is 25.1 Å². The van der Waals surface area contributed by atoms with Crippen LogP contribution in [0.4, 0.5) is 0 Å². The van der Waals surface area contributed by atoms with Gasteiger partial charge in [-0.05, 0) is 35.3 Å². The lowest BCUT2D eigenvalue weighted by atomic mass is 9.95. The lowest BCUT2D eigenvalue weighted by Crippen LogP contribution is -1.96. The third-order valence-corrected chi connectivity index (χ3v) is 3.43. The Hall–Kier alpha value is -2.35. The fourth-order valence-corrected chi connectivity index (χ4v) is 2.26. The molecule has 21 heavy (non-hydrogen) atoms. The Morgan fingerprint density at radius 1 is 0.952 bits per heavy atom. The molecular weight excluding hydrogens is 260 g/mol. The Morgan fingerprint density at radius 3 is 2.10 bits per heavy atom. The maximum Gasteiger partial charge on any atom is 0.335 e. The molecule has 0 amide bonds. The summed E-state index contributed by atoms with van der Waals surface area (Å²) in [6.07, 6.45) is 5.59. The summed E-state index contributed by atoms with van der Waals surface area (Å²) in [7, 11) is 0. The SMILES string of the molecule is CCCC/C=C(/c1ccccc1)c1ccc(C(=O)O)cc1. The minimum absolute atomic E-state index is 0.319. The molecule has 0 aliphatic heterocycles. The van der Waals surface area contributed by atoms with E-state index < -0.39 is 5.97 Å². The van der Waals surface area contributed by atoms with Gasteiger partial charge in [0.1, 0.15) is 0 Å². The molecule has 2 nitrogen and oxygen atoms in total. The van der Waals surface area contributed by atoms with Gasteiger partial charge < -0.3 is 5.11 Å². The van der Waals surface area contributed by atoms with Gasteiger partial charge in [-0.2, -0.15) is 0 Å². The van der Waals surface area contributed by atoms with Crippen LogP contribution in [-0.2, 0) is 0 Å². The summed E-state index contributed by atoms with van der Waals surface area (Å²) in [6.45, 7) is 2.18. The van der Waals surface area contributed by atoms with Crippen molar-refractivity contribution >= 4 is 11.5 Å². The second-order valence-corrected chi connectivity index (χ2v) is 5.01. The van der Waals surface area contributed by atoms with Crippen molar-refractivity contribution in [2.24, 2.45) is 0 Å². The standard InChI is InChI=1S/C19H20O2/c1-2-3-5-10-18(15-8-6-4-7-9-15)16-11-13-17(14-12-16)19(20)21/h4,6-14H,2-3,5H2,1H3,(H,20,21)/b18-10-. The van der Waals surface area contributed by atoms with E-state index in [9.17, 15) is 4.79 Å². The van der Waals surface area contributed by atoms with Crippen molar-refractivity contribution in [3.8, 4) is 0 Å². The Bertz CT molecular complexity index is 610. The first-order valence-corrected chi connectivity index (χ1v) is 7.31. The van der Waals surface area contributed by atoms with Crippen LogP contribution in [0.3, 0.4) is 0 Å². The number of carbonyl (C=O) groups is 1. The van der Waals surface area contributed by atoms with Gasteiger partial charge >= 0.3 is 5.97 Å². The number of rotatable bonds is 6. The highest BCUT2D eigenvalue weighted by Gasteiger charge is 2.07. The monoisotopic (exact) mass is 280 g/mol. The summed E-state index contributed by atoms with van der Waals surface area (Å²) in [4.78, 5) is 10.9. The van der Waals surface area contributed by atoms with Crippen LogP contribution in [0.2, 0.25) is 0 Å². The van der Waals surface area contributed by atoms with Crippen molar-refractivity contribution in [1.82, 2.24) is 0 Å². The summed E-state index contributed by atoms with van der Waals surface area (Å²) in [6, 6.07) is 17.3. The predicted octanol–water partition coefficient (Wildman–Crippen LogP) is 5.01. The highest BCUT2D eigenvalue weighted by Crippen LogP contribution is 2.24. The molecule has 0 saturated heterocycles. The van der Waals surface area contributed by atoms with Crippen LogP contribution < -0.4 is 0 Å². The molecule has 0 unspecified atom stereocenters. The number of allylic oxidation sites excluding steroid dienone is 1. The zero-order chi connectivity index (χ0) is 15.1. The molecule has 2 heteroatoms. The van der Waals surface area contributed by atoms with E-state index in [1.807, 2.05) is 30.3 Å². The smallest absolute Gasteiger partial charge is 0.335 e. The molecule has 0 aliphatic carbocycles. The lowest BCUT2D eigenvalue weighted by molar-refractivity contribution is 0.0697. The first-order valence-electron chi connectivity index (χ1n) is 7.31. The van der Waals surface area contributed by atoms with Gasteiger partial charge in [-0.15, -0.1) is 0 Å². The molecule has 2 aromatic carbocycles. The number of carboxylic acid groups (broad SMARTS) is 1. The Labute approximate surface area is 125 Å². The molecule has 0 saturated carbocycles. The van der Waals surface area contributed by atoms with E-state index >= 15 is 0 Å². The number of benzene rings is 2. The molecular formula is C19H20O2. The number of aromatic carboxylic acids is 1. The second-order valence-electron chi connectivity index (χ2n) is 5.01. The third-order valence-electron chi connectivity index (χ3n) is 3.43. The molecule has 0 fully saturated rings. The van der Waals surface area contributed by atoms with Gasteiger partial charge in [0.15, 0.2) is 0 Å². The largest absolute Gasteiger partial charge is 0.478 e. The molecule has 0 aliphatic rings. The first kappa shape index (κ1) is 15.0. The Morgan fingerprint density at radius 2 is 1.52 bits per heavy atom. The van der Waals surface area contributed by atoms with Crippen LogP contribution in [0.25, 0.3) is 5.57 Å². The highest BCUT2D eigenvalue weighted by molar-refractivity contribution is 5.89. The second kappa shape index (κ2) is 7.44.